The van der Waals surface area contributed by atoms with Gasteiger partial charge in [-0.05, 0) is 68.6 Å². The molecule has 184 valence electrons. The average molecular weight is 476 g/mol. The van der Waals surface area contributed by atoms with E-state index < -0.39 is 30.0 Å². The molecule has 4 rings (SSSR count). The van der Waals surface area contributed by atoms with Gasteiger partial charge in [-0.3, -0.25) is 0 Å². The van der Waals surface area contributed by atoms with Crippen LogP contribution in [0.3, 0.4) is 0 Å². The summed E-state index contributed by atoms with van der Waals surface area (Å²) in [6.45, 7) is 2.58. The van der Waals surface area contributed by atoms with Crippen molar-refractivity contribution in [2.24, 2.45) is 11.8 Å². The van der Waals surface area contributed by atoms with Crippen molar-refractivity contribution in [2.75, 3.05) is 13.2 Å². The van der Waals surface area contributed by atoms with E-state index >= 15 is 0 Å². The standard InChI is InChI=1S/C23H29F5N2O3/c1-13-10-16(20(32)19(31)15-4-8-33-9-5-15)12-18-29-21(23(26,27)28)17(30(13)18)11-14-2-6-22(24,25)7-3-14/h10,12,14-15,19-20,31-32H,2-9,11H2,1H3. The highest BCUT2D eigenvalue weighted by atomic mass is 19.4. The minimum Gasteiger partial charge on any atom is -0.390 e. The Hall–Kier alpha value is -1.78. The first-order chi connectivity index (χ1) is 15.5. The largest absolute Gasteiger partial charge is 0.435 e. The fraction of sp³-hybridized carbons (Fsp3) is 0.696. The summed E-state index contributed by atoms with van der Waals surface area (Å²) in [5.74, 6) is -3.21. The van der Waals surface area contributed by atoms with Gasteiger partial charge >= 0.3 is 6.18 Å². The van der Waals surface area contributed by atoms with Gasteiger partial charge in [0.05, 0.1) is 11.8 Å². The summed E-state index contributed by atoms with van der Waals surface area (Å²) in [6, 6.07) is 2.93. The summed E-state index contributed by atoms with van der Waals surface area (Å²) in [4.78, 5) is 3.83. The first kappa shape index (κ1) is 24.3. The van der Waals surface area contributed by atoms with Crippen LogP contribution in [0.15, 0.2) is 12.1 Å². The van der Waals surface area contributed by atoms with E-state index in [1.54, 1.807) is 13.0 Å². The van der Waals surface area contributed by atoms with Gasteiger partial charge in [0.15, 0.2) is 5.69 Å². The Morgan fingerprint density at radius 1 is 1.12 bits per heavy atom. The van der Waals surface area contributed by atoms with E-state index in [1.165, 1.54) is 10.5 Å². The van der Waals surface area contributed by atoms with Gasteiger partial charge in [-0.15, -0.1) is 0 Å². The number of aryl methyl sites for hydroxylation is 1. The molecule has 0 aromatic carbocycles. The highest BCUT2D eigenvalue weighted by Crippen LogP contribution is 2.40. The molecule has 3 heterocycles. The van der Waals surface area contributed by atoms with Crippen LogP contribution in [0, 0.1) is 18.8 Å². The van der Waals surface area contributed by atoms with Gasteiger partial charge in [-0.25, -0.2) is 13.8 Å². The third-order valence-corrected chi connectivity index (χ3v) is 7.02. The van der Waals surface area contributed by atoms with Gasteiger partial charge in [0.2, 0.25) is 5.92 Å². The van der Waals surface area contributed by atoms with Crippen molar-refractivity contribution in [2.45, 2.75) is 76.2 Å². The Bertz CT molecular complexity index is 975. The molecule has 1 aliphatic carbocycles. The average Bonchev–Trinajstić information content (AvgIpc) is 3.14. The number of hydrogen-bond acceptors (Lipinski definition) is 4. The molecule has 1 aliphatic heterocycles. The maximum absolute atomic E-state index is 13.8. The Balaban J connectivity index is 1.66. The number of aliphatic hydroxyl groups is 2. The number of halogens is 5. The minimum absolute atomic E-state index is 0.000467. The lowest BCUT2D eigenvalue weighted by atomic mass is 9.83. The van der Waals surface area contributed by atoms with Crippen molar-refractivity contribution in [3.63, 3.8) is 0 Å². The molecule has 2 aromatic rings. The van der Waals surface area contributed by atoms with E-state index in [0.29, 0.717) is 37.3 Å². The smallest absolute Gasteiger partial charge is 0.390 e. The molecule has 0 bridgehead atoms. The van der Waals surface area contributed by atoms with Crippen LogP contribution >= 0.6 is 0 Å². The van der Waals surface area contributed by atoms with Crippen molar-refractivity contribution in [1.29, 1.82) is 0 Å². The predicted octanol–water partition coefficient (Wildman–Crippen LogP) is 4.85. The normalized spacial score (nSPS) is 22.5. The third kappa shape index (κ3) is 5.17. The van der Waals surface area contributed by atoms with Crippen LogP contribution in [-0.2, 0) is 17.3 Å². The molecule has 5 nitrogen and oxygen atoms in total. The molecule has 2 N–H and O–H groups in total. The van der Waals surface area contributed by atoms with Crippen molar-refractivity contribution in [1.82, 2.24) is 9.38 Å². The number of fused-ring (bicyclic) bond motifs is 1. The number of ether oxygens (including phenoxy) is 1. The molecule has 10 heteroatoms. The predicted molar refractivity (Wildman–Crippen MR) is 110 cm³/mol. The van der Waals surface area contributed by atoms with Crippen LogP contribution in [0.5, 0.6) is 0 Å². The fourth-order valence-corrected chi connectivity index (χ4v) is 5.14. The summed E-state index contributed by atoms with van der Waals surface area (Å²) < 4.78 is 75.2. The van der Waals surface area contributed by atoms with Crippen LogP contribution in [0.4, 0.5) is 22.0 Å². The van der Waals surface area contributed by atoms with Crippen molar-refractivity contribution < 1.29 is 36.9 Å². The second-order valence-electron chi connectivity index (χ2n) is 9.42. The highest BCUT2D eigenvalue weighted by Gasteiger charge is 2.41. The van der Waals surface area contributed by atoms with Gasteiger partial charge < -0.3 is 19.4 Å². The van der Waals surface area contributed by atoms with Gasteiger partial charge in [0.25, 0.3) is 0 Å². The summed E-state index contributed by atoms with van der Waals surface area (Å²) in [7, 11) is 0. The number of aromatic nitrogens is 2. The highest BCUT2D eigenvalue weighted by molar-refractivity contribution is 5.49. The molecular formula is C23H29F5N2O3. The second kappa shape index (κ2) is 9.11. The first-order valence-corrected chi connectivity index (χ1v) is 11.4. The molecule has 0 spiro atoms. The van der Waals surface area contributed by atoms with Crippen LogP contribution in [0.1, 0.15) is 67.3 Å². The maximum atomic E-state index is 13.8. The van der Waals surface area contributed by atoms with E-state index in [4.69, 9.17) is 4.74 Å². The zero-order valence-corrected chi connectivity index (χ0v) is 18.4. The number of imidazole rings is 1. The Morgan fingerprint density at radius 3 is 2.36 bits per heavy atom. The van der Waals surface area contributed by atoms with E-state index in [2.05, 4.69) is 4.98 Å². The lowest BCUT2D eigenvalue weighted by Crippen LogP contribution is -2.32. The summed E-state index contributed by atoms with van der Waals surface area (Å²) in [6.07, 6.45) is -6.20. The van der Waals surface area contributed by atoms with E-state index in [1.807, 2.05) is 0 Å². The van der Waals surface area contributed by atoms with Crippen LogP contribution < -0.4 is 0 Å². The molecule has 0 amide bonds. The van der Waals surface area contributed by atoms with Gasteiger partial charge in [-0.2, -0.15) is 13.2 Å². The number of aliphatic hydroxyl groups excluding tert-OH is 2. The first-order valence-electron chi connectivity index (χ1n) is 11.4. The SMILES string of the molecule is Cc1cc(C(O)C(O)C2CCOCC2)cc2nc(C(F)(F)F)c(CC3CCC(F)(F)CC3)n12. The minimum atomic E-state index is -4.70. The van der Waals surface area contributed by atoms with Crippen molar-refractivity contribution in [3.05, 3.63) is 34.8 Å². The van der Waals surface area contributed by atoms with E-state index in [-0.39, 0.29) is 55.3 Å². The monoisotopic (exact) mass is 476 g/mol. The summed E-state index contributed by atoms with van der Waals surface area (Å²) in [5.41, 5.74) is -0.330. The van der Waals surface area contributed by atoms with Gasteiger partial charge in [0.1, 0.15) is 11.8 Å². The lowest BCUT2D eigenvalue weighted by Gasteiger charge is -2.30. The van der Waals surface area contributed by atoms with Gasteiger partial charge in [0, 0.05) is 31.7 Å². The summed E-state index contributed by atoms with van der Waals surface area (Å²) >= 11 is 0. The van der Waals surface area contributed by atoms with E-state index in [9.17, 15) is 32.2 Å². The Morgan fingerprint density at radius 2 is 1.76 bits per heavy atom. The maximum Gasteiger partial charge on any atom is 0.435 e. The van der Waals surface area contributed by atoms with E-state index in [0.717, 1.165) is 0 Å². The number of alkyl halides is 5. The zero-order chi connectivity index (χ0) is 24.0. The molecule has 2 aliphatic rings. The van der Waals surface area contributed by atoms with Crippen molar-refractivity contribution >= 4 is 5.65 Å². The molecule has 0 radical (unpaired) electrons. The summed E-state index contributed by atoms with van der Waals surface area (Å²) in [5, 5.41) is 21.4. The van der Waals surface area contributed by atoms with Crippen LogP contribution in [0.2, 0.25) is 0 Å². The number of pyridine rings is 1. The second-order valence-corrected chi connectivity index (χ2v) is 9.42. The molecule has 33 heavy (non-hydrogen) atoms. The van der Waals surface area contributed by atoms with Crippen molar-refractivity contribution in [3.8, 4) is 0 Å². The zero-order valence-electron chi connectivity index (χ0n) is 18.4. The number of hydrogen-bond donors (Lipinski definition) is 2. The number of rotatable bonds is 5. The Labute approximate surface area is 188 Å². The fourth-order valence-electron chi connectivity index (χ4n) is 5.14. The molecule has 2 unspecified atom stereocenters. The topological polar surface area (TPSA) is 67.0 Å². The lowest BCUT2D eigenvalue weighted by molar-refractivity contribution is -0.141. The number of nitrogens with zero attached hydrogens (tertiary/aromatic N) is 2. The van der Waals surface area contributed by atoms with Crippen LogP contribution in [0.25, 0.3) is 5.65 Å². The molecular weight excluding hydrogens is 447 g/mol. The van der Waals surface area contributed by atoms with Gasteiger partial charge in [-0.1, -0.05) is 0 Å². The van der Waals surface area contributed by atoms with Crippen LogP contribution in [-0.4, -0.2) is 44.8 Å². The molecule has 1 saturated carbocycles. The third-order valence-electron chi connectivity index (χ3n) is 7.02. The molecule has 2 atom stereocenters. The molecule has 1 saturated heterocycles. The quantitative estimate of drug-likeness (QED) is 0.606. The Kier molecular flexibility index (Phi) is 6.72. The molecule has 2 aromatic heterocycles. The molecule has 2 fully saturated rings.